The van der Waals surface area contributed by atoms with Crippen LogP contribution in [-0.4, -0.2) is 11.9 Å². The normalized spacial score (nSPS) is 29.1. The summed E-state index contributed by atoms with van der Waals surface area (Å²) in [6.07, 6.45) is 0.978. The smallest absolute Gasteiger partial charge is 0.223 e. The summed E-state index contributed by atoms with van der Waals surface area (Å²) >= 11 is 0. The molecule has 14 heavy (non-hydrogen) atoms. The number of amides is 1. The molecule has 2 heteroatoms. The summed E-state index contributed by atoms with van der Waals surface area (Å²) in [7, 11) is 0. The molecule has 1 amide bonds. The number of nitrogens with one attached hydrogen (secondary N) is 1. The van der Waals surface area contributed by atoms with Crippen molar-refractivity contribution >= 4 is 5.91 Å². The van der Waals surface area contributed by atoms with E-state index in [0.29, 0.717) is 6.04 Å². The Bertz CT molecular complexity index is 232. The van der Waals surface area contributed by atoms with E-state index in [1.54, 1.807) is 0 Å². The molecule has 1 rings (SSSR count). The lowest BCUT2D eigenvalue weighted by Gasteiger charge is -2.28. The molecule has 1 heterocycles. The van der Waals surface area contributed by atoms with E-state index in [9.17, 15) is 4.79 Å². The largest absolute Gasteiger partial charge is 0.353 e. The van der Waals surface area contributed by atoms with Crippen LogP contribution in [0.2, 0.25) is 0 Å². The Labute approximate surface area is 87.5 Å². The molecule has 0 radical (unpaired) electrons. The molecule has 82 valence electrons. The summed E-state index contributed by atoms with van der Waals surface area (Å²) in [6.45, 7) is 13.0. The van der Waals surface area contributed by atoms with E-state index >= 15 is 0 Å². The molecule has 2 atom stereocenters. The van der Waals surface area contributed by atoms with Crippen molar-refractivity contribution in [2.45, 2.75) is 54.0 Å². The molecule has 0 aromatic rings. The zero-order valence-electron chi connectivity index (χ0n) is 10.3. The maximum Gasteiger partial charge on any atom is 0.223 e. The van der Waals surface area contributed by atoms with Crippen LogP contribution in [0, 0.1) is 16.7 Å². The second-order valence-corrected chi connectivity index (χ2v) is 6.58. The molecule has 1 aliphatic heterocycles. The summed E-state index contributed by atoms with van der Waals surface area (Å²) in [5.41, 5.74) is 0.264. The van der Waals surface area contributed by atoms with Gasteiger partial charge in [0.1, 0.15) is 0 Å². The molecular formula is C12H23NO. The van der Waals surface area contributed by atoms with Crippen molar-refractivity contribution in [3.05, 3.63) is 0 Å². The van der Waals surface area contributed by atoms with E-state index in [4.69, 9.17) is 0 Å². The van der Waals surface area contributed by atoms with E-state index in [-0.39, 0.29) is 22.7 Å². The molecule has 0 aliphatic carbocycles. The Morgan fingerprint density at radius 2 is 1.57 bits per heavy atom. The van der Waals surface area contributed by atoms with Gasteiger partial charge in [-0.2, -0.15) is 0 Å². The Balaban J connectivity index is 2.75. The average molecular weight is 197 g/mol. The van der Waals surface area contributed by atoms with Gasteiger partial charge in [-0.1, -0.05) is 41.5 Å². The van der Waals surface area contributed by atoms with Crippen molar-refractivity contribution in [1.29, 1.82) is 0 Å². The van der Waals surface area contributed by atoms with Crippen LogP contribution < -0.4 is 5.32 Å². The molecule has 0 bridgehead atoms. The molecule has 0 spiro atoms. The van der Waals surface area contributed by atoms with Gasteiger partial charge in [-0.05, 0) is 17.3 Å². The van der Waals surface area contributed by atoms with Gasteiger partial charge in [0.2, 0.25) is 5.91 Å². The lowest BCUT2D eigenvalue weighted by molar-refractivity contribution is -0.125. The fourth-order valence-corrected chi connectivity index (χ4v) is 1.99. The monoisotopic (exact) mass is 197 g/mol. The van der Waals surface area contributed by atoms with Gasteiger partial charge in [-0.15, -0.1) is 0 Å². The lowest BCUT2D eigenvalue weighted by Crippen LogP contribution is -2.37. The first kappa shape index (κ1) is 11.5. The third-order valence-electron chi connectivity index (χ3n) is 3.20. The van der Waals surface area contributed by atoms with Gasteiger partial charge in [0, 0.05) is 12.0 Å². The SMILES string of the molecule is CC(C)(C)C1CC(C(C)(C)C)C(=O)N1. The van der Waals surface area contributed by atoms with E-state index in [2.05, 4.69) is 46.9 Å². The van der Waals surface area contributed by atoms with E-state index in [0.717, 1.165) is 6.42 Å². The van der Waals surface area contributed by atoms with Crippen molar-refractivity contribution in [3.63, 3.8) is 0 Å². The zero-order chi connectivity index (χ0) is 11.1. The summed E-state index contributed by atoms with van der Waals surface area (Å²) in [5, 5.41) is 3.11. The molecule has 1 aliphatic rings. The quantitative estimate of drug-likeness (QED) is 0.635. The summed E-state index contributed by atoms with van der Waals surface area (Å²) in [5.74, 6) is 0.407. The molecule has 0 aromatic carbocycles. The highest BCUT2D eigenvalue weighted by Crippen LogP contribution is 2.38. The van der Waals surface area contributed by atoms with Crippen molar-refractivity contribution in [2.24, 2.45) is 16.7 Å². The van der Waals surface area contributed by atoms with Crippen LogP contribution in [0.4, 0.5) is 0 Å². The molecule has 1 saturated heterocycles. The molecule has 0 saturated carbocycles. The Kier molecular flexibility index (Phi) is 2.68. The van der Waals surface area contributed by atoms with Crippen LogP contribution in [0.3, 0.4) is 0 Å². The van der Waals surface area contributed by atoms with E-state index < -0.39 is 0 Å². The Hall–Kier alpha value is -0.530. The van der Waals surface area contributed by atoms with E-state index in [1.165, 1.54) is 0 Å². The lowest BCUT2D eigenvalue weighted by atomic mass is 9.76. The first-order chi connectivity index (χ1) is 6.12. The molecule has 0 aromatic heterocycles. The number of carbonyl (C=O) groups is 1. The average Bonchev–Trinajstić information content (AvgIpc) is 2.27. The van der Waals surface area contributed by atoms with Gasteiger partial charge in [0.25, 0.3) is 0 Å². The molecule has 1 N–H and O–H groups in total. The summed E-state index contributed by atoms with van der Waals surface area (Å²) < 4.78 is 0. The maximum atomic E-state index is 11.8. The number of hydrogen-bond donors (Lipinski definition) is 1. The van der Waals surface area contributed by atoms with Gasteiger partial charge in [-0.3, -0.25) is 4.79 Å². The second-order valence-electron chi connectivity index (χ2n) is 6.58. The molecule has 2 nitrogen and oxygen atoms in total. The fraction of sp³-hybridized carbons (Fsp3) is 0.917. The van der Waals surface area contributed by atoms with Crippen LogP contribution in [0.5, 0.6) is 0 Å². The minimum Gasteiger partial charge on any atom is -0.353 e. The highest BCUT2D eigenvalue weighted by Gasteiger charge is 2.43. The third-order valence-corrected chi connectivity index (χ3v) is 3.20. The van der Waals surface area contributed by atoms with Crippen LogP contribution >= 0.6 is 0 Å². The third kappa shape index (κ3) is 2.28. The number of carbonyl (C=O) groups excluding carboxylic acids is 1. The van der Waals surface area contributed by atoms with Crippen LogP contribution in [0.25, 0.3) is 0 Å². The minimum absolute atomic E-state index is 0.0874. The van der Waals surface area contributed by atoms with Crippen LogP contribution in [0.1, 0.15) is 48.0 Å². The fourth-order valence-electron chi connectivity index (χ4n) is 1.99. The Morgan fingerprint density at radius 1 is 1.07 bits per heavy atom. The standard InChI is InChI=1S/C12H23NO/c1-11(2,3)8-7-9(12(4,5)6)13-10(8)14/h8-9H,7H2,1-6H3,(H,13,14). The van der Waals surface area contributed by atoms with Crippen molar-refractivity contribution < 1.29 is 4.79 Å². The summed E-state index contributed by atoms with van der Waals surface area (Å²) in [6, 6.07) is 0.333. The number of rotatable bonds is 0. The van der Waals surface area contributed by atoms with Gasteiger partial charge in [-0.25, -0.2) is 0 Å². The van der Waals surface area contributed by atoms with Gasteiger partial charge < -0.3 is 5.32 Å². The van der Waals surface area contributed by atoms with Crippen molar-refractivity contribution in [2.75, 3.05) is 0 Å². The zero-order valence-corrected chi connectivity index (χ0v) is 10.3. The summed E-state index contributed by atoms with van der Waals surface area (Å²) in [4.78, 5) is 11.8. The van der Waals surface area contributed by atoms with Gasteiger partial charge in [0.15, 0.2) is 0 Å². The topological polar surface area (TPSA) is 29.1 Å². The Morgan fingerprint density at radius 3 is 1.79 bits per heavy atom. The van der Waals surface area contributed by atoms with Crippen molar-refractivity contribution in [1.82, 2.24) is 5.32 Å². The molecular weight excluding hydrogens is 174 g/mol. The molecule has 2 unspecified atom stereocenters. The van der Waals surface area contributed by atoms with Crippen molar-refractivity contribution in [3.8, 4) is 0 Å². The van der Waals surface area contributed by atoms with Crippen LogP contribution in [0.15, 0.2) is 0 Å². The minimum atomic E-state index is 0.0874. The predicted molar refractivity (Wildman–Crippen MR) is 58.9 cm³/mol. The van der Waals surface area contributed by atoms with Crippen LogP contribution in [-0.2, 0) is 4.79 Å². The van der Waals surface area contributed by atoms with Gasteiger partial charge in [0.05, 0.1) is 0 Å². The predicted octanol–water partition coefficient (Wildman–Crippen LogP) is 2.58. The first-order valence-corrected chi connectivity index (χ1v) is 5.43. The van der Waals surface area contributed by atoms with Gasteiger partial charge >= 0.3 is 0 Å². The maximum absolute atomic E-state index is 11.8. The highest BCUT2D eigenvalue weighted by atomic mass is 16.2. The number of hydrogen-bond acceptors (Lipinski definition) is 1. The van der Waals surface area contributed by atoms with E-state index in [1.807, 2.05) is 0 Å². The molecule has 1 fully saturated rings. The highest BCUT2D eigenvalue weighted by molar-refractivity contribution is 5.82. The second kappa shape index (κ2) is 3.25. The first-order valence-electron chi connectivity index (χ1n) is 5.43.